The molecule has 0 saturated carbocycles. The molecule has 0 fully saturated rings. The molecule has 0 unspecified atom stereocenters. The van der Waals surface area contributed by atoms with Gasteiger partial charge in [0.25, 0.3) is 5.91 Å². The highest BCUT2D eigenvalue weighted by molar-refractivity contribution is 6.29. The van der Waals surface area contributed by atoms with Crippen molar-refractivity contribution in [2.75, 3.05) is 11.1 Å². The molecule has 4 N–H and O–H groups in total. The first-order valence-corrected chi connectivity index (χ1v) is 5.32. The number of aromatic nitrogens is 2. The Morgan fingerprint density at radius 2 is 2.17 bits per heavy atom. The quantitative estimate of drug-likeness (QED) is 0.435. The van der Waals surface area contributed by atoms with Gasteiger partial charge in [-0.25, -0.2) is 9.97 Å². The number of carbonyl (C=O) groups excluding carboxylic acids is 1. The van der Waals surface area contributed by atoms with E-state index in [0.717, 1.165) is 0 Å². The van der Waals surface area contributed by atoms with Gasteiger partial charge < -0.3 is 10.8 Å². The van der Waals surface area contributed by atoms with Gasteiger partial charge in [0.15, 0.2) is 0 Å². The maximum absolute atomic E-state index is 11.9. The predicted octanol–water partition coefficient (Wildman–Crippen LogP) is 1.67. The molecule has 0 aliphatic rings. The number of amides is 1. The molecule has 1 amide bonds. The topological polar surface area (TPSA) is 101 Å². The Bertz CT molecular complexity index is 603. The van der Waals surface area contributed by atoms with Crippen LogP contribution in [0.15, 0.2) is 30.5 Å². The SMILES string of the molecule is Nc1ccc(O)cc1C(=O)Nc1nccc(Cl)n1. The number of nitrogens with zero attached hydrogens (tertiary/aromatic N) is 2. The molecule has 0 saturated heterocycles. The van der Waals surface area contributed by atoms with Crippen LogP contribution in [0.2, 0.25) is 5.15 Å². The molecule has 1 aromatic carbocycles. The van der Waals surface area contributed by atoms with Gasteiger partial charge in [0.05, 0.1) is 5.56 Å². The van der Waals surface area contributed by atoms with Crippen LogP contribution in [0.4, 0.5) is 11.6 Å². The van der Waals surface area contributed by atoms with Gasteiger partial charge in [-0.2, -0.15) is 0 Å². The zero-order valence-electron chi connectivity index (χ0n) is 9.09. The number of nitrogen functional groups attached to an aromatic ring is 1. The molecule has 18 heavy (non-hydrogen) atoms. The van der Waals surface area contributed by atoms with Crippen LogP contribution in [-0.2, 0) is 0 Å². The molecule has 0 spiro atoms. The summed E-state index contributed by atoms with van der Waals surface area (Å²) in [5, 5.41) is 12.0. The van der Waals surface area contributed by atoms with Crippen LogP contribution in [-0.4, -0.2) is 21.0 Å². The van der Waals surface area contributed by atoms with E-state index >= 15 is 0 Å². The average Bonchev–Trinajstić information content (AvgIpc) is 2.32. The molecule has 0 atom stereocenters. The maximum Gasteiger partial charge on any atom is 0.260 e. The number of rotatable bonds is 2. The van der Waals surface area contributed by atoms with Crippen molar-refractivity contribution >= 4 is 29.1 Å². The van der Waals surface area contributed by atoms with Crippen LogP contribution >= 0.6 is 11.6 Å². The third-order valence-corrected chi connectivity index (χ3v) is 2.34. The molecule has 2 aromatic rings. The number of phenols is 1. The number of benzene rings is 1. The summed E-state index contributed by atoms with van der Waals surface area (Å²) in [6.07, 6.45) is 1.41. The van der Waals surface area contributed by atoms with Gasteiger partial charge in [0.2, 0.25) is 5.95 Å². The number of nitrogens with two attached hydrogens (primary N) is 1. The van der Waals surface area contributed by atoms with E-state index in [-0.39, 0.29) is 28.1 Å². The normalized spacial score (nSPS) is 10.1. The molecule has 1 aromatic heterocycles. The Balaban J connectivity index is 2.24. The van der Waals surface area contributed by atoms with Crippen molar-refractivity contribution in [3.05, 3.63) is 41.2 Å². The smallest absolute Gasteiger partial charge is 0.260 e. The van der Waals surface area contributed by atoms with Crippen LogP contribution < -0.4 is 11.1 Å². The van der Waals surface area contributed by atoms with Crippen molar-refractivity contribution in [3.8, 4) is 5.75 Å². The van der Waals surface area contributed by atoms with E-state index in [0.29, 0.717) is 0 Å². The third kappa shape index (κ3) is 2.67. The molecular weight excluding hydrogens is 256 g/mol. The lowest BCUT2D eigenvalue weighted by Gasteiger charge is -2.06. The Labute approximate surface area is 107 Å². The monoisotopic (exact) mass is 264 g/mol. The van der Waals surface area contributed by atoms with Crippen LogP contribution in [0.25, 0.3) is 0 Å². The molecule has 0 bridgehead atoms. The zero-order chi connectivity index (χ0) is 13.1. The summed E-state index contributed by atoms with van der Waals surface area (Å²) in [4.78, 5) is 19.5. The fourth-order valence-electron chi connectivity index (χ4n) is 1.31. The van der Waals surface area contributed by atoms with Crippen molar-refractivity contribution in [2.24, 2.45) is 0 Å². The number of hydrogen-bond donors (Lipinski definition) is 3. The first-order chi connectivity index (χ1) is 8.56. The Morgan fingerprint density at radius 1 is 1.39 bits per heavy atom. The summed E-state index contributed by atoms with van der Waals surface area (Å²) in [6, 6.07) is 5.57. The third-order valence-electron chi connectivity index (χ3n) is 2.13. The van der Waals surface area contributed by atoms with Crippen molar-refractivity contribution in [1.82, 2.24) is 9.97 Å². The highest BCUT2D eigenvalue weighted by atomic mass is 35.5. The highest BCUT2D eigenvalue weighted by Crippen LogP contribution is 2.19. The largest absolute Gasteiger partial charge is 0.508 e. The summed E-state index contributed by atoms with van der Waals surface area (Å²) in [7, 11) is 0. The number of aromatic hydroxyl groups is 1. The van der Waals surface area contributed by atoms with Crippen molar-refractivity contribution in [1.29, 1.82) is 0 Å². The van der Waals surface area contributed by atoms with Gasteiger partial charge in [0.1, 0.15) is 10.9 Å². The minimum absolute atomic E-state index is 0.0543. The lowest BCUT2D eigenvalue weighted by molar-refractivity contribution is 0.102. The first kappa shape index (κ1) is 12.1. The number of anilines is 2. The lowest BCUT2D eigenvalue weighted by atomic mass is 10.1. The van der Waals surface area contributed by atoms with E-state index in [2.05, 4.69) is 15.3 Å². The average molecular weight is 265 g/mol. The zero-order valence-corrected chi connectivity index (χ0v) is 9.85. The fourth-order valence-corrected chi connectivity index (χ4v) is 1.44. The molecule has 7 heteroatoms. The number of phenolic OH excluding ortho intramolecular Hbond substituents is 1. The van der Waals surface area contributed by atoms with Crippen molar-refractivity contribution in [3.63, 3.8) is 0 Å². The molecule has 6 nitrogen and oxygen atoms in total. The predicted molar refractivity (Wildman–Crippen MR) is 67.5 cm³/mol. The standard InChI is InChI=1S/C11H9ClN4O2/c12-9-3-4-14-11(15-9)16-10(18)7-5-6(17)1-2-8(7)13/h1-5,17H,13H2,(H,14,15,16,18). The van der Waals surface area contributed by atoms with Crippen molar-refractivity contribution < 1.29 is 9.90 Å². The van der Waals surface area contributed by atoms with Gasteiger partial charge in [-0.15, -0.1) is 0 Å². The molecular formula is C11H9ClN4O2. The van der Waals surface area contributed by atoms with Gasteiger partial charge in [-0.05, 0) is 24.3 Å². The molecule has 1 heterocycles. The Kier molecular flexibility index (Phi) is 3.29. The van der Waals surface area contributed by atoms with Gasteiger partial charge in [-0.3, -0.25) is 10.1 Å². The summed E-state index contributed by atoms with van der Waals surface area (Å²) >= 11 is 5.66. The second-order valence-electron chi connectivity index (χ2n) is 3.43. The summed E-state index contributed by atoms with van der Waals surface area (Å²) in [5.41, 5.74) is 6.02. The number of halogens is 1. The first-order valence-electron chi connectivity index (χ1n) is 4.94. The van der Waals surface area contributed by atoms with E-state index in [4.69, 9.17) is 17.3 Å². The van der Waals surface area contributed by atoms with Crippen LogP contribution in [0.1, 0.15) is 10.4 Å². The maximum atomic E-state index is 11.9. The van der Waals surface area contributed by atoms with Crippen LogP contribution in [0, 0.1) is 0 Å². The van der Waals surface area contributed by atoms with E-state index in [9.17, 15) is 9.90 Å². The summed E-state index contributed by atoms with van der Waals surface area (Å²) in [5.74, 6) is -0.512. The Morgan fingerprint density at radius 3 is 2.89 bits per heavy atom. The second-order valence-corrected chi connectivity index (χ2v) is 3.82. The van der Waals surface area contributed by atoms with E-state index < -0.39 is 5.91 Å². The van der Waals surface area contributed by atoms with E-state index in [1.807, 2.05) is 0 Å². The second kappa shape index (κ2) is 4.89. The van der Waals surface area contributed by atoms with Crippen LogP contribution in [0.5, 0.6) is 5.75 Å². The van der Waals surface area contributed by atoms with Crippen LogP contribution in [0.3, 0.4) is 0 Å². The Hall–Kier alpha value is -2.34. The molecule has 92 valence electrons. The molecule has 0 aliphatic carbocycles. The molecule has 0 radical (unpaired) electrons. The minimum atomic E-state index is -0.523. The number of carbonyl (C=O) groups is 1. The number of hydrogen-bond acceptors (Lipinski definition) is 5. The summed E-state index contributed by atoms with van der Waals surface area (Å²) < 4.78 is 0. The van der Waals surface area contributed by atoms with E-state index in [1.165, 1.54) is 30.5 Å². The lowest BCUT2D eigenvalue weighted by Crippen LogP contribution is -2.15. The van der Waals surface area contributed by atoms with Gasteiger partial charge in [-0.1, -0.05) is 11.6 Å². The fraction of sp³-hybridized carbons (Fsp3) is 0. The minimum Gasteiger partial charge on any atom is -0.508 e. The van der Waals surface area contributed by atoms with Crippen molar-refractivity contribution in [2.45, 2.75) is 0 Å². The van der Waals surface area contributed by atoms with E-state index in [1.54, 1.807) is 0 Å². The van der Waals surface area contributed by atoms with Gasteiger partial charge in [0, 0.05) is 11.9 Å². The van der Waals surface area contributed by atoms with Gasteiger partial charge >= 0.3 is 0 Å². The molecule has 0 aliphatic heterocycles. The number of nitrogens with one attached hydrogen (secondary N) is 1. The summed E-state index contributed by atoms with van der Waals surface area (Å²) in [6.45, 7) is 0. The molecule has 2 rings (SSSR count). The highest BCUT2D eigenvalue weighted by Gasteiger charge is 2.12.